The van der Waals surface area contributed by atoms with E-state index in [9.17, 15) is 4.79 Å². The maximum absolute atomic E-state index is 11.5. The number of rotatable bonds is 4. The second kappa shape index (κ2) is 6.08. The van der Waals surface area contributed by atoms with Gasteiger partial charge in [-0.2, -0.15) is 0 Å². The van der Waals surface area contributed by atoms with Gasteiger partial charge in [0.25, 0.3) is 0 Å². The molecule has 1 atom stereocenters. The third-order valence-corrected chi connectivity index (χ3v) is 2.50. The molecule has 0 spiro atoms. The summed E-state index contributed by atoms with van der Waals surface area (Å²) >= 11 is 0. The average Bonchev–Trinajstić information content (AvgIpc) is 2.16. The van der Waals surface area contributed by atoms with E-state index >= 15 is 0 Å². The standard InChI is InChI=1S/C11H22N2O2/c1-4-10-7-13(5-6-15-10)8-11(14)12-9(2)3/h9-10H,4-8H2,1-3H3,(H,12,14)/t10-/m0/s1. The molecule has 0 radical (unpaired) electrons. The predicted octanol–water partition coefficient (Wildman–Crippen LogP) is 0.622. The van der Waals surface area contributed by atoms with E-state index < -0.39 is 0 Å². The normalized spacial score (nSPS) is 23.1. The molecule has 0 unspecified atom stereocenters. The lowest BCUT2D eigenvalue weighted by molar-refractivity contribution is -0.124. The van der Waals surface area contributed by atoms with Gasteiger partial charge in [0.1, 0.15) is 0 Å². The molecular formula is C11H22N2O2. The highest BCUT2D eigenvalue weighted by Gasteiger charge is 2.20. The topological polar surface area (TPSA) is 41.6 Å². The number of amides is 1. The van der Waals surface area contributed by atoms with E-state index in [0.29, 0.717) is 12.6 Å². The number of hydrogen-bond donors (Lipinski definition) is 1. The third kappa shape index (κ3) is 4.62. The monoisotopic (exact) mass is 214 g/mol. The maximum Gasteiger partial charge on any atom is 0.234 e. The summed E-state index contributed by atoms with van der Waals surface area (Å²) in [6.07, 6.45) is 1.31. The summed E-state index contributed by atoms with van der Waals surface area (Å²) in [6, 6.07) is 0.223. The van der Waals surface area contributed by atoms with E-state index in [1.165, 1.54) is 0 Å². The number of morpholine rings is 1. The summed E-state index contributed by atoms with van der Waals surface area (Å²) in [4.78, 5) is 13.7. The number of carbonyl (C=O) groups excluding carboxylic acids is 1. The van der Waals surface area contributed by atoms with Crippen molar-refractivity contribution in [2.75, 3.05) is 26.2 Å². The molecule has 1 saturated heterocycles. The first-order valence-electron chi connectivity index (χ1n) is 5.75. The number of hydrogen-bond acceptors (Lipinski definition) is 3. The van der Waals surface area contributed by atoms with Crippen molar-refractivity contribution in [2.45, 2.75) is 39.3 Å². The lowest BCUT2D eigenvalue weighted by atomic mass is 10.2. The first-order valence-corrected chi connectivity index (χ1v) is 5.75. The fraction of sp³-hybridized carbons (Fsp3) is 0.909. The summed E-state index contributed by atoms with van der Waals surface area (Å²) in [6.45, 7) is 9.05. The summed E-state index contributed by atoms with van der Waals surface area (Å²) in [5.74, 6) is 0.113. The minimum Gasteiger partial charge on any atom is -0.376 e. The van der Waals surface area contributed by atoms with E-state index in [1.807, 2.05) is 13.8 Å². The second-order valence-corrected chi connectivity index (χ2v) is 4.36. The molecule has 88 valence electrons. The molecule has 1 aliphatic rings. The lowest BCUT2D eigenvalue weighted by Gasteiger charge is -2.32. The second-order valence-electron chi connectivity index (χ2n) is 4.36. The van der Waals surface area contributed by atoms with Crippen LogP contribution in [-0.2, 0) is 9.53 Å². The summed E-state index contributed by atoms with van der Waals surface area (Å²) in [5.41, 5.74) is 0. The summed E-state index contributed by atoms with van der Waals surface area (Å²) < 4.78 is 5.55. The van der Waals surface area contributed by atoms with Gasteiger partial charge in [-0.25, -0.2) is 0 Å². The van der Waals surface area contributed by atoms with Gasteiger partial charge in [0, 0.05) is 19.1 Å². The van der Waals surface area contributed by atoms with E-state index in [2.05, 4.69) is 17.1 Å². The predicted molar refractivity (Wildman–Crippen MR) is 59.7 cm³/mol. The van der Waals surface area contributed by atoms with Crippen LogP contribution < -0.4 is 5.32 Å². The lowest BCUT2D eigenvalue weighted by Crippen LogP contribution is -2.47. The van der Waals surface area contributed by atoms with Gasteiger partial charge in [-0.1, -0.05) is 6.92 Å². The van der Waals surface area contributed by atoms with Gasteiger partial charge in [0.05, 0.1) is 19.3 Å². The first kappa shape index (κ1) is 12.5. The molecule has 0 bridgehead atoms. The molecule has 1 fully saturated rings. The quantitative estimate of drug-likeness (QED) is 0.746. The Morgan fingerprint density at radius 2 is 2.33 bits per heavy atom. The van der Waals surface area contributed by atoms with Crippen LogP contribution in [0.15, 0.2) is 0 Å². The molecule has 15 heavy (non-hydrogen) atoms. The minimum atomic E-state index is 0.113. The van der Waals surface area contributed by atoms with Gasteiger partial charge in [-0.15, -0.1) is 0 Å². The molecular weight excluding hydrogens is 192 g/mol. The molecule has 0 saturated carbocycles. The third-order valence-electron chi connectivity index (χ3n) is 2.50. The zero-order chi connectivity index (χ0) is 11.3. The Morgan fingerprint density at radius 1 is 1.60 bits per heavy atom. The summed E-state index contributed by atoms with van der Waals surface area (Å²) in [7, 11) is 0. The van der Waals surface area contributed by atoms with Gasteiger partial charge in [-0.3, -0.25) is 9.69 Å². The highest BCUT2D eigenvalue weighted by molar-refractivity contribution is 5.78. The molecule has 1 aliphatic heterocycles. The van der Waals surface area contributed by atoms with E-state index in [4.69, 9.17) is 4.74 Å². The zero-order valence-corrected chi connectivity index (χ0v) is 9.95. The fourth-order valence-corrected chi connectivity index (χ4v) is 1.74. The van der Waals surface area contributed by atoms with E-state index in [0.717, 1.165) is 26.1 Å². The highest BCUT2D eigenvalue weighted by Crippen LogP contribution is 2.07. The van der Waals surface area contributed by atoms with Crippen LogP contribution >= 0.6 is 0 Å². The molecule has 1 N–H and O–H groups in total. The molecule has 1 amide bonds. The van der Waals surface area contributed by atoms with Crippen molar-refractivity contribution in [1.29, 1.82) is 0 Å². The van der Waals surface area contributed by atoms with Crippen molar-refractivity contribution in [2.24, 2.45) is 0 Å². The van der Waals surface area contributed by atoms with Crippen molar-refractivity contribution in [3.63, 3.8) is 0 Å². The Kier molecular flexibility index (Phi) is 5.05. The van der Waals surface area contributed by atoms with E-state index in [-0.39, 0.29) is 11.9 Å². The van der Waals surface area contributed by atoms with Crippen molar-refractivity contribution >= 4 is 5.91 Å². The molecule has 1 rings (SSSR count). The Bertz CT molecular complexity index is 207. The Labute approximate surface area is 92.0 Å². The Morgan fingerprint density at radius 3 is 2.93 bits per heavy atom. The molecule has 1 heterocycles. The van der Waals surface area contributed by atoms with Gasteiger partial charge < -0.3 is 10.1 Å². The van der Waals surface area contributed by atoms with Gasteiger partial charge in [0.2, 0.25) is 5.91 Å². The van der Waals surface area contributed by atoms with Crippen molar-refractivity contribution in [3.8, 4) is 0 Å². The van der Waals surface area contributed by atoms with Crippen LogP contribution in [0.25, 0.3) is 0 Å². The molecule has 0 aromatic rings. The fourth-order valence-electron chi connectivity index (χ4n) is 1.74. The van der Waals surface area contributed by atoms with Gasteiger partial charge in [-0.05, 0) is 20.3 Å². The maximum atomic E-state index is 11.5. The number of carbonyl (C=O) groups is 1. The molecule has 4 nitrogen and oxygen atoms in total. The van der Waals surface area contributed by atoms with Crippen molar-refractivity contribution in [3.05, 3.63) is 0 Å². The highest BCUT2D eigenvalue weighted by atomic mass is 16.5. The Hall–Kier alpha value is -0.610. The smallest absolute Gasteiger partial charge is 0.234 e. The van der Waals surface area contributed by atoms with Crippen LogP contribution in [0.3, 0.4) is 0 Å². The Balaban J connectivity index is 2.28. The molecule has 0 aliphatic carbocycles. The average molecular weight is 214 g/mol. The zero-order valence-electron chi connectivity index (χ0n) is 9.95. The molecule has 4 heteroatoms. The van der Waals surface area contributed by atoms with Crippen LogP contribution in [0, 0.1) is 0 Å². The number of nitrogens with one attached hydrogen (secondary N) is 1. The SMILES string of the molecule is CC[C@H]1CN(CC(=O)NC(C)C)CCO1. The van der Waals surface area contributed by atoms with Gasteiger partial charge >= 0.3 is 0 Å². The summed E-state index contributed by atoms with van der Waals surface area (Å²) in [5, 5.41) is 2.90. The van der Waals surface area contributed by atoms with Crippen LogP contribution in [0.2, 0.25) is 0 Å². The van der Waals surface area contributed by atoms with Crippen LogP contribution in [0.4, 0.5) is 0 Å². The van der Waals surface area contributed by atoms with Gasteiger partial charge in [0.15, 0.2) is 0 Å². The minimum absolute atomic E-state index is 0.113. The van der Waals surface area contributed by atoms with E-state index in [1.54, 1.807) is 0 Å². The van der Waals surface area contributed by atoms with Crippen LogP contribution in [0.1, 0.15) is 27.2 Å². The molecule has 0 aromatic heterocycles. The number of nitrogens with zero attached hydrogens (tertiary/aromatic N) is 1. The van der Waals surface area contributed by atoms with Crippen LogP contribution in [0.5, 0.6) is 0 Å². The first-order chi connectivity index (χ1) is 7.11. The van der Waals surface area contributed by atoms with Crippen molar-refractivity contribution in [1.82, 2.24) is 10.2 Å². The van der Waals surface area contributed by atoms with Crippen molar-refractivity contribution < 1.29 is 9.53 Å². The molecule has 0 aromatic carbocycles. The largest absolute Gasteiger partial charge is 0.376 e. The van der Waals surface area contributed by atoms with Crippen LogP contribution in [-0.4, -0.2) is 49.2 Å². The number of ether oxygens (including phenoxy) is 1.